The van der Waals surface area contributed by atoms with Gasteiger partial charge in [0, 0.05) is 5.02 Å². The van der Waals surface area contributed by atoms with Crippen LogP contribution in [0.4, 0.5) is 5.69 Å². The number of rotatable bonds is 4. The number of halogens is 3. The zero-order chi connectivity index (χ0) is 19.0. The summed E-state index contributed by atoms with van der Waals surface area (Å²) >= 11 is 18.3. The summed E-state index contributed by atoms with van der Waals surface area (Å²) < 4.78 is 5.58. The summed E-state index contributed by atoms with van der Waals surface area (Å²) in [5.74, 6) is -0.535. The third-order valence-corrected chi connectivity index (χ3v) is 4.60. The summed E-state index contributed by atoms with van der Waals surface area (Å²) in [6.45, 7) is 3.83. The van der Waals surface area contributed by atoms with E-state index in [1.54, 1.807) is 30.3 Å². The molecule has 1 heterocycles. The number of imide groups is 1. The quantitative estimate of drug-likeness (QED) is 0.642. The van der Waals surface area contributed by atoms with Gasteiger partial charge in [-0.1, -0.05) is 46.9 Å². The van der Waals surface area contributed by atoms with Gasteiger partial charge in [0.05, 0.1) is 22.4 Å². The van der Waals surface area contributed by atoms with Crippen LogP contribution >= 0.6 is 34.8 Å². The highest BCUT2D eigenvalue weighted by Crippen LogP contribution is 2.39. The molecule has 0 saturated carbocycles. The zero-order valence-electron chi connectivity index (χ0n) is 13.9. The Labute approximate surface area is 165 Å². The minimum Gasteiger partial charge on any atom is -0.491 e. The van der Waals surface area contributed by atoms with Crippen LogP contribution in [-0.4, -0.2) is 17.9 Å². The summed E-state index contributed by atoms with van der Waals surface area (Å²) in [6, 6.07) is 11.4. The molecule has 3 rings (SSSR count). The fourth-order valence-corrected chi connectivity index (χ4v) is 3.24. The number of ether oxygens (including phenoxy) is 1. The molecule has 0 spiro atoms. The predicted octanol–water partition coefficient (Wildman–Crippen LogP) is 5.30. The first-order chi connectivity index (χ1) is 12.3. The molecular formula is C19H14Cl3NO3. The summed E-state index contributed by atoms with van der Waals surface area (Å²) in [7, 11) is 0. The van der Waals surface area contributed by atoms with Crippen LogP contribution in [0.1, 0.15) is 19.4 Å². The monoisotopic (exact) mass is 409 g/mol. The molecule has 0 saturated heterocycles. The van der Waals surface area contributed by atoms with Gasteiger partial charge in [-0.3, -0.25) is 9.59 Å². The van der Waals surface area contributed by atoms with Crippen LogP contribution in [0.3, 0.4) is 0 Å². The Kier molecular flexibility index (Phi) is 5.28. The van der Waals surface area contributed by atoms with Crippen molar-refractivity contribution in [2.45, 2.75) is 20.0 Å². The molecule has 0 N–H and O–H groups in total. The second-order valence-electron chi connectivity index (χ2n) is 5.92. The lowest BCUT2D eigenvalue weighted by molar-refractivity contribution is -0.119. The van der Waals surface area contributed by atoms with Crippen LogP contribution in [0, 0.1) is 0 Å². The van der Waals surface area contributed by atoms with Gasteiger partial charge in [-0.15, -0.1) is 0 Å². The molecule has 0 aliphatic carbocycles. The number of anilines is 1. The molecule has 0 bridgehead atoms. The standard InChI is InChI=1S/C19H14Cl3NO3/c1-10(2)26-13-6-3-11(4-7-13)16-17(22)19(25)23(18(16)24)15-9-12(20)5-8-14(15)21/h3-10H,1-2H3. The van der Waals surface area contributed by atoms with Crippen molar-refractivity contribution >= 4 is 57.9 Å². The number of carbonyl (C=O) groups excluding carboxylic acids is 2. The van der Waals surface area contributed by atoms with Crippen LogP contribution in [0.2, 0.25) is 10.0 Å². The van der Waals surface area contributed by atoms with Crippen LogP contribution < -0.4 is 9.64 Å². The van der Waals surface area contributed by atoms with Gasteiger partial charge >= 0.3 is 0 Å². The van der Waals surface area contributed by atoms with Crippen molar-refractivity contribution < 1.29 is 14.3 Å². The fourth-order valence-electron chi connectivity index (χ4n) is 2.60. The first kappa shape index (κ1) is 18.8. The molecule has 2 aromatic carbocycles. The minimum atomic E-state index is -0.640. The third-order valence-electron chi connectivity index (χ3n) is 3.69. The van der Waals surface area contributed by atoms with E-state index in [9.17, 15) is 9.59 Å². The average Bonchev–Trinajstić information content (AvgIpc) is 2.80. The Balaban J connectivity index is 1.98. The van der Waals surface area contributed by atoms with E-state index in [1.165, 1.54) is 12.1 Å². The number of hydrogen-bond donors (Lipinski definition) is 0. The van der Waals surface area contributed by atoms with Crippen LogP contribution in [0.15, 0.2) is 47.5 Å². The lowest BCUT2D eigenvalue weighted by atomic mass is 10.1. The molecule has 0 atom stereocenters. The van der Waals surface area contributed by atoms with Crippen molar-refractivity contribution in [3.05, 3.63) is 63.1 Å². The number of hydrogen-bond acceptors (Lipinski definition) is 3. The van der Waals surface area contributed by atoms with Crippen molar-refractivity contribution in [1.82, 2.24) is 0 Å². The topological polar surface area (TPSA) is 46.6 Å². The van der Waals surface area contributed by atoms with Gasteiger partial charge in [0.25, 0.3) is 11.8 Å². The first-order valence-corrected chi connectivity index (χ1v) is 8.93. The van der Waals surface area contributed by atoms with Gasteiger partial charge in [0.2, 0.25) is 0 Å². The van der Waals surface area contributed by atoms with Crippen LogP contribution in [0.5, 0.6) is 5.75 Å². The van der Waals surface area contributed by atoms with Gasteiger partial charge in [0.15, 0.2) is 0 Å². The van der Waals surface area contributed by atoms with Gasteiger partial charge < -0.3 is 4.74 Å². The maximum absolute atomic E-state index is 12.9. The normalized spacial score (nSPS) is 14.6. The molecule has 2 aromatic rings. The van der Waals surface area contributed by atoms with E-state index >= 15 is 0 Å². The summed E-state index contributed by atoms with van der Waals surface area (Å²) in [5, 5.41) is 0.413. The van der Waals surface area contributed by atoms with Crippen molar-refractivity contribution in [1.29, 1.82) is 0 Å². The Morgan fingerprint density at radius 2 is 1.58 bits per heavy atom. The minimum absolute atomic E-state index is 0.0267. The van der Waals surface area contributed by atoms with E-state index < -0.39 is 11.8 Å². The van der Waals surface area contributed by atoms with E-state index in [0.29, 0.717) is 16.3 Å². The van der Waals surface area contributed by atoms with E-state index in [4.69, 9.17) is 39.5 Å². The molecule has 0 unspecified atom stereocenters. The van der Waals surface area contributed by atoms with Crippen LogP contribution in [-0.2, 0) is 9.59 Å². The SMILES string of the molecule is CC(C)Oc1ccc(C2=C(Cl)C(=O)N(c3cc(Cl)ccc3Cl)C2=O)cc1. The van der Waals surface area contributed by atoms with Gasteiger partial charge in [-0.25, -0.2) is 4.90 Å². The van der Waals surface area contributed by atoms with E-state index in [2.05, 4.69) is 0 Å². The third kappa shape index (κ3) is 3.45. The predicted molar refractivity (Wildman–Crippen MR) is 104 cm³/mol. The molecule has 1 aliphatic rings. The molecule has 7 heteroatoms. The van der Waals surface area contributed by atoms with E-state index in [0.717, 1.165) is 4.90 Å². The molecule has 2 amide bonds. The number of benzene rings is 2. The van der Waals surface area contributed by atoms with Crippen molar-refractivity contribution in [3.63, 3.8) is 0 Å². The maximum atomic E-state index is 12.9. The largest absolute Gasteiger partial charge is 0.491 e. The molecule has 134 valence electrons. The van der Waals surface area contributed by atoms with E-state index in [-0.39, 0.29) is 27.4 Å². The number of carbonyl (C=O) groups is 2. The smallest absolute Gasteiger partial charge is 0.277 e. The Bertz CT molecular complexity index is 920. The highest BCUT2D eigenvalue weighted by molar-refractivity contribution is 6.60. The van der Waals surface area contributed by atoms with Crippen molar-refractivity contribution in [2.24, 2.45) is 0 Å². The Morgan fingerprint density at radius 3 is 2.19 bits per heavy atom. The summed E-state index contributed by atoms with van der Waals surface area (Å²) in [4.78, 5) is 26.4. The number of nitrogens with zero attached hydrogens (tertiary/aromatic N) is 1. The fraction of sp³-hybridized carbons (Fsp3) is 0.158. The Hall–Kier alpha value is -2.01. The highest BCUT2D eigenvalue weighted by Gasteiger charge is 2.40. The van der Waals surface area contributed by atoms with E-state index in [1.807, 2.05) is 13.8 Å². The molecule has 0 aromatic heterocycles. The van der Waals surface area contributed by atoms with Crippen LogP contribution in [0.25, 0.3) is 5.57 Å². The second kappa shape index (κ2) is 7.31. The number of amides is 2. The molecule has 4 nitrogen and oxygen atoms in total. The highest BCUT2D eigenvalue weighted by atomic mass is 35.5. The van der Waals surface area contributed by atoms with Gasteiger partial charge in [-0.2, -0.15) is 0 Å². The summed E-state index contributed by atoms with van der Waals surface area (Å²) in [5.41, 5.74) is 0.830. The lowest BCUT2D eigenvalue weighted by Gasteiger charge is -2.16. The molecule has 26 heavy (non-hydrogen) atoms. The first-order valence-electron chi connectivity index (χ1n) is 7.80. The molecule has 0 fully saturated rings. The lowest BCUT2D eigenvalue weighted by Crippen LogP contribution is -2.31. The van der Waals surface area contributed by atoms with Gasteiger partial charge in [0.1, 0.15) is 10.8 Å². The summed E-state index contributed by atoms with van der Waals surface area (Å²) in [6.07, 6.45) is 0.0267. The average molecular weight is 411 g/mol. The Morgan fingerprint density at radius 1 is 0.923 bits per heavy atom. The maximum Gasteiger partial charge on any atom is 0.277 e. The van der Waals surface area contributed by atoms with Gasteiger partial charge in [-0.05, 0) is 49.7 Å². The zero-order valence-corrected chi connectivity index (χ0v) is 16.2. The second-order valence-corrected chi connectivity index (χ2v) is 7.14. The molecule has 1 aliphatic heterocycles. The van der Waals surface area contributed by atoms with Crippen molar-refractivity contribution in [3.8, 4) is 5.75 Å². The molecular weight excluding hydrogens is 397 g/mol. The molecule has 0 radical (unpaired) electrons. The van der Waals surface area contributed by atoms with Crippen molar-refractivity contribution in [2.75, 3.05) is 4.90 Å².